The minimum atomic E-state index is 0. The van der Waals surface area contributed by atoms with Gasteiger partial charge in [0, 0.05) is 30.8 Å². The molecule has 0 spiro atoms. The molecule has 5 heteroatoms. The predicted octanol–water partition coefficient (Wildman–Crippen LogP) is 2.40. The van der Waals surface area contributed by atoms with E-state index in [1.807, 2.05) is 0 Å². The largest absolute Gasteiger partial charge is 0.342 e. The molecule has 0 aromatic heterocycles. The van der Waals surface area contributed by atoms with Crippen molar-refractivity contribution in [3.8, 4) is 0 Å². The molecule has 2 fully saturated rings. The Morgan fingerprint density at radius 1 is 1.37 bits per heavy atom. The van der Waals surface area contributed by atoms with E-state index < -0.39 is 0 Å². The van der Waals surface area contributed by atoms with E-state index in [0.717, 1.165) is 30.8 Å². The molecule has 2 aliphatic rings. The molecular formula is C14H27ClN2OS. The van der Waals surface area contributed by atoms with Crippen LogP contribution in [0.3, 0.4) is 0 Å². The molecule has 2 rings (SSSR count). The maximum atomic E-state index is 12.2. The lowest BCUT2D eigenvalue weighted by Crippen LogP contribution is -2.45. The van der Waals surface area contributed by atoms with Crippen molar-refractivity contribution in [2.24, 2.45) is 11.8 Å². The quantitative estimate of drug-likeness (QED) is 0.865. The lowest BCUT2D eigenvalue weighted by Gasteiger charge is -2.36. The number of amides is 1. The summed E-state index contributed by atoms with van der Waals surface area (Å²) in [7, 11) is 0. The van der Waals surface area contributed by atoms with Crippen LogP contribution in [0.25, 0.3) is 0 Å². The first-order valence-corrected chi connectivity index (χ1v) is 8.63. The third kappa shape index (κ3) is 4.54. The van der Waals surface area contributed by atoms with Crippen LogP contribution in [0.1, 0.15) is 32.6 Å². The smallest absolute Gasteiger partial charge is 0.226 e. The number of nitrogens with one attached hydrogen (secondary N) is 1. The van der Waals surface area contributed by atoms with E-state index in [1.54, 1.807) is 11.8 Å². The average Bonchev–Trinajstić information content (AvgIpc) is 2.92. The maximum absolute atomic E-state index is 12.2. The van der Waals surface area contributed by atoms with Crippen molar-refractivity contribution in [1.29, 1.82) is 0 Å². The van der Waals surface area contributed by atoms with Crippen LogP contribution >= 0.6 is 24.2 Å². The Morgan fingerprint density at radius 3 is 2.58 bits per heavy atom. The van der Waals surface area contributed by atoms with E-state index >= 15 is 0 Å². The zero-order valence-electron chi connectivity index (χ0n) is 12.1. The Morgan fingerprint density at radius 2 is 2.05 bits per heavy atom. The lowest BCUT2D eigenvalue weighted by atomic mass is 9.88. The highest BCUT2D eigenvalue weighted by molar-refractivity contribution is 7.98. The molecule has 0 aromatic rings. The second-order valence-corrected chi connectivity index (χ2v) is 6.63. The fourth-order valence-corrected chi connectivity index (χ4v) is 3.91. The summed E-state index contributed by atoms with van der Waals surface area (Å²) in [6.45, 7) is 5.19. The maximum Gasteiger partial charge on any atom is 0.226 e. The highest BCUT2D eigenvalue weighted by Gasteiger charge is 2.30. The molecule has 2 unspecified atom stereocenters. The number of carbonyl (C=O) groups is 1. The van der Waals surface area contributed by atoms with Crippen LogP contribution in [-0.2, 0) is 4.79 Å². The van der Waals surface area contributed by atoms with Gasteiger partial charge in [0.2, 0.25) is 5.91 Å². The van der Waals surface area contributed by atoms with Gasteiger partial charge in [0.15, 0.2) is 0 Å². The Hall–Kier alpha value is 0.0700. The molecule has 2 heterocycles. The number of likely N-dealkylation sites (tertiary alicyclic amines) is 1. The van der Waals surface area contributed by atoms with Gasteiger partial charge in [0.1, 0.15) is 0 Å². The minimum Gasteiger partial charge on any atom is -0.342 e. The standard InChI is InChI=1S/C14H26N2OS.ClH/c1-11(10-18-2)14(17)16-8-5-12(6-9-16)13-4-3-7-15-13;/h11-13,15H,3-10H2,1-2H3;1H. The van der Waals surface area contributed by atoms with Gasteiger partial charge in [-0.05, 0) is 44.4 Å². The first kappa shape index (κ1) is 17.1. The second-order valence-electron chi connectivity index (χ2n) is 5.72. The number of halogens is 1. The first-order valence-electron chi connectivity index (χ1n) is 7.23. The van der Waals surface area contributed by atoms with Crippen LogP contribution in [0, 0.1) is 11.8 Å². The van der Waals surface area contributed by atoms with Crippen molar-refractivity contribution in [3.05, 3.63) is 0 Å². The van der Waals surface area contributed by atoms with Crippen molar-refractivity contribution in [3.63, 3.8) is 0 Å². The number of piperidine rings is 1. The molecular weight excluding hydrogens is 280 g/mol. The summed E-state index contributed by atoms with van der Waals surface area (Å²) in [5.41, 5.74) is 0. The third-order valence-electron chi connectivity index (χ3n) is 4.36. The monoisotopic (exact) mass is 306 g/mol. The molecule has 0 saturated carbocycles. The van der Waals surface area contributed by atoms with E-state index in [1.165, 1.54) is 32.2 Å². The van der Waals surface area contributed by atoms with Crippen LogP contribution in [0.4, 0.5) is 0 Å². The third-order valence-corrected chi connectivity index (χ3v) is 5.19. The fourth-order valence-electron chi connectivity index (χ4n) is 3.27. The molecule has 3 nitrogen and oxygen atoms in total. The second kappa shape index (κ2) is 8.38. The molecule has 2 atom stereocenters. The molecule has 2 saturated heterocycles. The fraction of sp³-hybridized carbons (Fsp3) is 0.929. The van der Waals surface area contributed by atoms with E-state index in [0.29, 0.717) is 5.91 Å². The number of carbonyl (C=O) groups excluding carboxylic acids is 1. The topological polar surface area (TPSA) is 32.3 Å². The summed E-state index contributed by atoms with van der Waals surface area (Å²) in [5, 5.41) is 3.61. The molecule has 0 bridgehead atoms. The van der Waals surface area contributed by atoms with Crippen LogP contribution < -0.4 is 5.32 Å². The molecule has 19 heavy (non-hydrogen) atoms. The van der Waals surface area contributed by atoms with Crippen LogP contribution in [0.2, 0.25) is 0 Å². The van der Waals surface area contributed by atoms with Gasteiger partial charge in [0.05, 0.1) is 0 Å². The minimum absolute atomic E-state index is 0. The van der Waals surface area contributed by atoms with E-state index in [-0.39, 0.29) is 18.3 Å². The number of hydrogen-bond donors (Lipinski definition) is 1. The first-order chi connectivity index (χ1) is 8.72. The summed E-state index contributed by atoms with van der Waals surface area (Å²) in [4.78, 5) is 14.3. The molecule has 1 N–H and O–H groups in total. The average molecular weight is 307 g/mol. The number of nitrogens with zero attached hydrogens (tertiary/aromatic N) is 1. The predicted molar refractivity (Wildman–Crippen MR) is 85.1 cm³/mol. The van der Waals surface area contributed by atoms with Crippen molar-refractivity contribution in [1.82, 2.24) is 10.2 Å². The summed E-state index contributed by atoms with van der Waals surface area (Å²) >= 11 is 1.77. The summed E-state index contributed by atoms with van der Waals surface area (Å²) in [6, 6.07) is 0.728. The van der Waals surface area contributed by atoms with E-state index in [2.05, 4.69) is 23.4 Å². The van der Waals surface area contributed by atoms with Gasteiger partial charge in [-0.3, -0.25) is 4.79 Å². The van der Waals surface area contributed by atoms with Gasteiger partial charge >= 0.3 is 0 Å². The zero-order valence-corrected chi connectivity index (χ0v) is 13.7. The normalized spacial score (nSPS) is 26.0. The Balaban J connectivity index is 0.00000180. The number of hydrogen-bond acceptors (Lipinski definition) is 3. The van der Waals surface area contributed by atoms with Gasteiger partial charge in [-0.1, -0.05) is 6.92 Å². The molecule has 0 aromatic carbocycles. The molecule has 1 amide bonds. The molecule has 112 valence electrons. The van der Waals surface area contributed by atoms with Crippen molar-refractivity contribution < 1.29 is 4.79 Å². The number of rotatable bonds is 4. The Labute approximate surface area is 127 Å². The SMILES string of the molecule is CSCC(C)C(=O)N1CCC(C2CCCN2)CC1.Cl. The van der Waals surface area contributed by atoms with Gasteiger partial charge in [-0.15, -0.1) is 12.4 Å². The summed E-state index contributed by atoms with van der Waals surface area (Å²) in [5.74, 6) is 2.29. The van der Waals surface area contributed by atoms with E-state index in [4.69, 9.17) is 0 Å². The van der Waals surface area contributed by atoms with Gasteiger partial charge in [0.25, 0.3) is 0 Å². The number of thioether (sulfide) groups is 1. The molecule has 2 aliphatic heterocycles. The van der Waals surface area contributed by atoms with Crippen molar-refractivity contribution in [2.45, 2.75) is 38.6 Å². The van der Waals surface area contributed by atoms with E-state index in [9.17, 15) is 4.79 Å². The lowest BCUT2D eigenvalue weighted by molar-refractivity contribution is -0.135. The molecule has 0 aliphatic carbocycles. The van der Waals surface area contributed by atoms with Crippen LogP contribution in [-0.4, -0.2) is 48.5 Å². The zero-order chi connectivity index (χ0) is 13.0. The summed E-state index contributed by atoms with van der Waals surface area (Å²) in [6.07, 6.45) is 7.11. The highest BCUT2D eigenvalue weighted by Crippen LogP contribution is 2.26. The summed E-state index contributed by atoms with van der Waals surface area (Å²) < 4.78 is 0. The molecule has 0 radical (unpaired) electrons. The van der Waals surface area contributed by atoms with Gasteiger partial charge < -0.3 is 10.2 Å². The van der Waals surface area contributed by atoms with Gasteiger partial charge in [-0.2, -0.15) is 11.8 Å². The Kier molecular flexibility index (Phi) is 7.55. The van der Waals surface area contributed by atoms with Crippen molar-refractivity contribution in [2.75, 3.05) is 31.6 Å². The van der Waals surface area contributed by atoms with Crippen LogP contribution in [0.15, 0.2) is 0 Å². The Bertz CT molecular complexity index is 277. The van der Waals surface area contributed by atoms with Crippen LogP contribution in [0.5, 0.6) is 0 Å². The van der Waals surface area contributed by atoms with Gasteiger partial charge in [-0.25, -0.2) is 0 Å². The van der Waals surface area contributed by atoms with Crippen molar-refractivity contribution >= 4 is 30.1 Å². The highest BCUT2D eigenvalue weighted by atomic mass is 35.5.